The van der Waals surface area contributed by atoms with E-state index in [1.54, 1.807) is 30.6 Å². The highest BCUT2D eigenvalue weighted by molar-refractivity contribution is 7.86. The van der Waals surface area contributed by atoms with Gasteiger partial charge in [0, 0.05) is 0 Å². The second-order valence-electron chi connectivity index (χ2n) is 7.14. The minimum atomic E-state index is -3.85. The van der Waals surface area contributed by atoms with Gasteiger partial charge in [-0.25, -0.2) is 15.0 Å². The summed E-state index contributed by atoms with van der Waals surface area (Å²) in [4.78, 5) is 12.7. The molecule has 2 N–H and O–H groups in total. The summed E-state index contributed by atoms with van der Waals surface area (Å²) in [6.07, 6.45) is 8.04. The fourth-order valence-corrected chi connectivity index (χ4v) is 4.13. The molecule has 8 nitrogen and oxygen atoms in total. The number of nitrogens with zero attached hydrogens (tertiary/aromatic N) is 4. The van der Waals surface area contributed by atoms with Crippen molar-refractivity contribution in [2.75, 3.05) is 12.3 Å². The molecule has 0 saturated heterocycles. The first-order valence-corrected chi connectivity index (χ1v) is 11.2. The second kappa shape index (κ2) is 9.32. The number of hydrogen-bond acceptors (Lipinski definition) is 7. The van der Waals surface area contributed by atoms with Crippen LogP contribution in [0.15, 0.2) is 41.8 Å². The van der Waals surface area contributed by atoms with E-state index in [2.05, 4.69) is 21.9 Å². The molecule has 1 atom stereocenters. The van der Waals surface area contributed by atoms with Crippen LogP contribution in [0.3, 0.4) is 0 Å². The van der Waals surface area contributed by atoms with Crippen molar-refractivity contribution in [1.82, 2.24) is 19.5 Å². The molecular formula is C20H27N5O3S. The second-order valence-corrected chi connectivity index (χ2v) is 8.75. The van der Waals surface area contributed by atoms with E-state index in [0.717, 1.165) is 37.7 Å². The average molecular weight is 418 g/mol. The number of hydrogen-bond donors (Lipinski definition) is 1. The Morgan fingerprint density at radius 2 is 1.86 bits per heavy atom. The fourth-order valence-electron chi connectivity index (χ4n) is 3.19. The lowest BCUT2D eigenvalue weighted by Gasteiger charge is -2.19. The zero-order valence-electron chi connectivity index (χ0n) is 16.8. The van der Waals surface area contributed by atoms with Gasteiger partial charge in [0.15, 0.2) is 11.5 Å². The van der Waals surface area contributed by atoms with Crippen molar-refractivity contribution < 1.29 is 12.6 Å². The summed E-state index contributed by atoms with van der Waals surface area (Å²) in [5, 5.41) is 0. The number of imidazole rings is 1. The maximum Gasteiger partial charge on any atom is 0.297 e. The van der Waals surface area contributed by atoms with Gasteiger partial charge in [0.25, 0.3) is 10.1 Å². The number of aryl methyl sites for hydroxylation is 1. The molecule has 29 heavy (non-hydrogen) atoms. The summed E-state index contributed by atoms with van der Waals surface area (Å²) >= 11 is 0. The van der Waals surface area contributed by atoms with Crippen LogP contribution in [0.2, 0.25) is 0 Å². The van der Waals surface area contributed by atoms with Crippen LogP contribution in [-0.4, -0.2) is 34.5 Å². The van der Waals surface area contributed by atoms with Crippen LogP contribution in [0, 0.1) is 6.92 Å². The predicted octanol–water partition coefficient (Wildman–Crippen LogP) is 3.63. The zero-order valence-corrected chi connectivity index (χ0v) is 17.6. The monoisotopic (exact) mass is 417 g/mol. The Kier molecular flexibility index (Phi) is 6.81. The van der Waals surface area contributed by atoms with E-state index in [0.29, 0.717) is 17.0 Å². The van der Waals surface area contributed by atoms with Gasteiger partial charge in [0.05, 0.1) is 23.9 Å². The van der Waals surface area contributed by atoms with Crippen molar-refractivity contribution in [3.05, 3.63) is 42.5 Å². The van der Waals surface area contributed by atoms with Gasteiger partial charge in [-0.15, -0.1) is 0 Å². The Bertz CT molecular complexity index is 1050. The van der Waals surface area contributed by atoms with Crippen LogP contribution in [0.25, 0.3) is 11.2 Å². The van der Waals surface area contributed by atoms with Gasteiger partial charge >= 0.3 is 0 Å². The maximum atomic E-state index is 12.6. The Labute approximate surface area is 171 Å². The summed E-state index contributed by atoms with van der Waals surface area (Å²) < 4.78 is 32.5. The van der Waals surface area contributed by atoms with E-state index in [-0.39, 0.29) is 17.5 Å². The third kappa shape index (κ3) is 5.10. The lowest BCUT2D eigenvalue weighted by Crippen LogP contribution is -2.19. The molecular weight excluding hydrogens is 390 g/mol. The minimum absolute atomic E-state index is 0.00228. The van der Waals surface area contributed by atoms with Gasteiger partial charge in [0.2, 0.25) is 0 Å². The Hall–Kier alpha value is -2.52. The SMILES string of the molecule is CCCCCC[C@H](COS(=O)(=O)c1ccc(C)cc1)n1cnc2c(N)ncnc21. The van der Waals surface area contributed by atoms with Crippen LogP contribution in [0.5, 0.6) is 0 Å². The molecule has 0 unspecified atom stereocenters. The Morgan fingerprint density at radius 3 is 2.59 bits per heavy atom. The number of fused-ring (bicyclic) bond motifs is 1. The van der Waals surface area contributed by atoms with E-state index < -0.39 is 10.1 Å². The molecule has 0 aliphatic carbocycles. The Balaban J connectivity index is 1.81. The van der Waals surface area contributed by atoms with E-state index >= 15 is 0 Å². The van der Waals surface area contributed by atoms with Gasteiger partial charge in [-0.3, -0.25) is 4.18 Å². The smallest absolute Gasteiger partial charge is 0.297 e. The number of benzene rings is 1. The molecule has 0 aliphatic heterocycles. The molecule has 9 heteroatoms. The lowest BCUT2D eigenvalue weighted by molar-refractivity contribution is 0.245. The molecule has 0 aliphatic rings. The number of rotatable bonds is 10. The van der Waals surface area contributed by atoms with Crippen LogP contribution in [0.4, 0.5) is 5.82 Å². The topological polar surface area (TPSA) is 113 Å². The van der Waals surface area contributed by atoms with E-state index in [1.807, 2.05) is 11.5 Å². The van der Waals surface area contributed by atoms with Crippen LogP contribution in [0.1, 0.15) is 50.6 Å². The molecule has 0 bridgehead atoms. The highest BCUT2D eigenvalue weighted by Gasteiger charge is 2.22. The molecule has 2 heterocycles. The molecule has 0 saturated carbocycles. The lowest BCUT2D eigenvalue weighted by atomic mass is 10.1. The highest BCUT2D eigenvalue weighted by Crippen LogP contribution is 2.25. The van der Waals surface area contributed by atoms with Gasteiger partial charge in [-0.1, -0.05) is 50.3 Å². The Morgan fingerprint density at radius 1 is 1.10 bits per heavy atom. The van der Waals surface area contributed by atoms with Gasteiger partial charge in [-0.05, 0) is 25.5 Å². The molecule has 3 aromatic rings. The molecule has 0 amide bonds. The summed E-state index contributed by atoms with van der Waals surface area (Å²) in [5.41, 5.74) is 7.96. The van der Waals surface area contributed by atoms with Crippen LogP contribution >= 0.6 is 0 Å². The number of aromatic nitrogens is 4. The fraction of sp³-hybridized carbons (Fsp3) is 0.450. The van der Waals surface area contributed by atoms with Gasteiger partial charge in [-0.2, -0.15) is 8.42 Å². The third-order valence-corrected chi connectivity index (χ3v) is 6.19. The third-order valence-electron chi connectivity index (χ3n) is 4.90. The first-order valence-electron chi connectivity index (χ1n) is 9.81. The molecule has 2 aromatic heterocycles. The number of nitrogens with two attached hydrogens (primary N) is 1. The van der Waals surface area contributed by atoms with Crippen molar-refractivity contribution in [1.29, 1.82) is 0 Å². The van der Waals surface area contributed by atoms with Crippen LogP contribution < -0.4 is 5.73 Å². The molecule has 3 rings (SSSR count). The normalized spacial score (nSPS) is 13.0. The van der Waals surface area contributed by atoms with E-state index in [1.165, 1.54) is 6.33 Å². The van der Waals surface area contributed by atoms with Crippen molar-refractivity contribution in [3.63, 3.8) is 0 Å². The summed E-state index contributed by atoms with van der Waals surface area (Å²) in [6.45, 7) is 4.05. The van der Waals surface area contributed by atoms with E-state index in [4.69, 9.17) is 9.92 Å². The first kappa shape index (κ1) is 21.2. The molecule has 0 spiro atoms. The summed E-state index contributed by atoms with van der Waals surface area (Å²) in [5.74, 6) is 0.298. The molecule has 0 fully saturated rings. The molecule has 156 valence electrons. The van der Waals surface area contributed by atoms with E-state index in [9.17, 15) is 8.42 Å². The average Bonchev–Trinajstić information content (AvgIpc) is 3.13. The van der Waals surface area contributed by atoms with Crippen molar-refractivity contribution >= 4 is 27.1 Å². The number of unbranched alkanes of at least 4 members (excludes halogenated alkanes) is 3. The first-order chi connectivity index (χ1) is 13.9. The van der Waals surface area contributed by atoms with Gasteiger partial charge < -0.3 is 10.3 Å². The summed E-state index contributed by atoms with van der Waals surface area (Å²) in [6, 6.07) is 6.39. The highest BCUT2D eigenvalue weighted by atomic mass is 32.2. The maximum absolute atomic E-state index is 12.6. The molecule has 1 aromatic carbocycles. The quantitative estimate of drug-likeness (QED) is 0.396. The standard InChI is InChI=1S/C20H27N5O3S/c1-3-4-5-6-7-16(25-14-24-18-19(21)22-13-23-20(18)25)12-28-29(26,27)17-10-8-15(2)9-11-17/h8-11,13-14,16H,3-7,12H2,1-2H3,(H2,21,22,23)/t16-/m1/s1. The van der Waals surface area contributed by atoms with Gasteiger partial charge in [0.1, 0.15) is 11.8 Å². The van der Waals surface area contributed by atoms with Crippen molar-refractivity contribution in [3.8, 4) is 0 Å². The molecule has 0 radical (unpaired) electrons. The predicted molar refractivity (Wildman–Crippen MR) is 112 cm³/mol. The zero-order chi connectivity index (χ0) is 20.9. The largest absolute Gasteiger partial charge is 0.382 e. The number of nitrogen functional groups attached to an aromatic ring is 1. The minimum Gasteiger partial charge on any atom is -0.382 e. The number of anilines is 1. The van der Waals surface area contributed by atoms with Crippen molar-refractivity contribution in [2.45, 2.75) is 56.9 Å². The van der Waals surface area contributed by atoms with Crippen molar-refractivity contribution in [2.24, 2.45) is 0 Å². The summed E-state index contributed by atoms with van der Waals surface area (Å²) in [7, 11) is -3.85. The van der Waals surface area contributed by atoms with Crippen LogP contribution in [-0.2, 0) is 14.3 Å².